The van der Waals surface area contributed by atoms with Crippen LogP contribution in [0.2, 0.25) is 5.02 Å². The number of rotatable bonds is 12. The first-order valence-corrected chi connectivity index (χ1v) is 12.1. The summed E-state index contributed by atoms with van der Waals surface area (Å²) in [6, 6.07) is 15.1. The molecule has 1 aliphatic carbocycles. The van der Waals surface area contributed by atoms with Crippen molar-refractivity contribution in [3.63, 3.8) is 0 Å². The van der Waals surface area contributed by atoms with Gasteiger partial charge in [0.2, 0.25) is 11.8 Å². The maximum atomic E-state index is 12.9. The van der Waals surface area contributed by atoms with Crippen molar-refractivity contribution in [3.05, 3.63) is 76.3 Å². The van der Waals surface area contributed by atoms with Crippen molar-refractivity contribution in [1.29, 1.82) is 0 Å². The average Bonchev–Trinajstić information content (AvgIpc) is 3.68. The molecule has 1 saturated carbocycles. The third-order valence-corrected chi connectivity index (χ3v) is 5.83. The molecule has 4 N–H and O–H groups in total. The molecule has 1 aliphatic rings. The van der Waals surface area contributed by atoms with E-state index < -0.39 is 5.91 Å². The first-order chi connectivity index (χ1) is 17.0. The van der Waals surface area contributed by atoms with Crippen LogP contribution in [0.3, 0.4) is 0 Å². The summed E-state index contributed by atoms with van der Waals surface area (Å²) in [5, 5.41) is 14.8. The van der Waals surface area contributed by atoms with Gasteiger partial charge >= 0.3 is 0 Å². The van der Waals surface area contributed by atoms with Gasteiger partial charge in [-0.25, -0.2) is 5.48 Å². The Bertz CT molecular complexity index is 1090. The van der Waals surface area contributed by atoms with E-state index in [1.165, 1.54) is 6.08 Å². The Morgan fingerprint density at radius 3 is 2.37 bits per heavy atom. The van der Waals surface area contributed by atoms with Crippen LogP contribution in [-0.2, 0) is 14.4 Å². The number of hydroxylamine groups is 1. The number of carbonyl (C=O) groups excluding carboxylic acids is 3. The molecule has 3 amide bonds. The Labute approximate surface area is 210 Å². The monoisotopic (exact) mass is 495 g/mol. The fourth-order valence-electron chi connectivity index (χ4n) is 3.39. The van der Waals surface area contributed by atoms with Gasteiger partial charge in [-0.2, -0.15) is 0 Å². The number of amides is 3. The molecular formula is C27H30ClN3O4. The minimum Gasteiger partial charge on any atom is -0.353 e. The van der Waals surface area contributed by atoms with Crippen molar-refractivity contribution in [2.45, 2.75) is 44.6 Å². The van der Waals surface area contributed by atoms with Gasteiger partial charge in [0.15, 0.2) is 0 Å². The van der Waals surface area contributed by atoms with E-state index in [1.807, 2.05) is 48.5 Å². The smallest absolute Gasteiger partial charge is 0.252 e. The second-order valence-corrected chi connectivity index (χ2v) is 8.83. The summed E-state index contributed by atoms with van der Waals surface area (Å²) < 4.78 is 0. The van der Waals surface area contributed by atoms with E-state index in [0.717, 1.165) is 36.8 Å². The highest BCUT2D eigenvalue weighted by Crippen LogP contribution is 2.28. The van der Waals surface area contributed by atoms with Crippen molar-refractivity contribution < 1.29 is 19.6 Å². The van der Waals surface area contributed by atoms with Crippen molar-refractivity contribution in [3.8, 4) is 0 Å². The Kier molecular flexibility index (Phi) is 10.1. The third-order valence-electron chi connectivity index (χ3n) is 5.50. The highest BCUT2D eigenvalue weighted by atomic mass is 35.5. The van der Waals surface area contributed by atoms with Crippen LogP contribution in [0, 0.1) is 0 Å². The van der Waals surface area contributed by atoms with E-state index in [1.54, 1.807) is 17.6 Å². The van der Waals surface area contributed by atoms with Crippen LogP contribution in [0.25, 0.3) is 17.7 Å². The van der Waals surface area contributed by atoms with Crippen LogP contribution in [0.15, 0.2) is 54.6 Å². The molecule has 8 heteroatoms. The molecule has 3 rings (SSSR count). The molecule has 1 fully saturated rings. The van der Waals surface area contributed by atoms with Crippen molar-refractivity contribution >= 4 is 47.0 Å². The Balaban J connectivity index is 1.56. The molecule has 184 valence electrons. The van der Waals surface area contributed by atoms with Crippen molar-refractivity contribution in [2.75, 3.05) is 6.54 Å². The zero-order valence-corrected chi connectivity index (χ0v) is 20.2. The molecule has 0 heterocycles. The van der Waals surface area contributed by atoms with Gasteiger partial charge in [-0.1, -0.05) is 60.5 Å². The normalized spacial score (nSPS) is 13.5. The molecule has 0 aliphatic heterocycles. The third kappa shape index (κ3) is 9.03. The Hall–Kier alpha value is -3.42. The highest BCUT2D eigenvalue weighted by molar-refractivity contribution is 6.36. The lowest BCUT2D eigenvalue weighted by Crippen LogP contribution is -2.26. The molecule has 2 aromatic carbocycles. The predicted octanol–water partition coefficient (Wildman–Crippen LogP) is 4.35. The number of halogens is 1. The predicted molar refractivity (Wildman–Crippen MR) is 137 cm³/mol. The topological polar surface area (TPSA) is 108 Å². The van der Waals surface area contributed by atoms with Crippen molar-refractivity contribution in [1.82, 2.24) is 16.1 Å². The van der Waals surface area contributed by atoms with Gasteiger partial charge in [0.05, 0.1) is 0 Å². The molecule has 0 atom stereocenters. The first-order valence-electron chi connectivity index (χ1n) is 11.7. The molecule has 0 saturated heterocycles. The lowest BCUT2D eigenvalue weighted by molar-refractivity contribution is -0.129. The number of unbranched alkanes of at least 4 members (excludes halogenated alkanes) is 2. The van der Waals surface area contributed by atoms with Crippen LogP contribution < -0.4 is 16.1 Å². The summed E-state index contributed by atoms with van der Waals surface area (Å²) in [5.74, 6) is -0.738. The Morgan fingerprint density at radius 1 is 0.971 bits per heavy atom. The summed E-state index contributed by atoms with van der Waals surface area (Å²) in [6.07, 6.45) is 9.47. The van der Waals surface area contributed by atoms with Gasteiger partial charge in [0.25, 0.3) is 5.91 Å². The maximum Gasteiger partial charge on any atom is 0.252 e. The lowest BCUT2D eigenvalue weighted by atomic mass is 10.0. The van der Waals surface area contributed by atoms with Gasteiger partial charge in [0, 0.05) is 41.2 Å². The molecule has 2 aromatic rings. The SMILES string of the molecule is O=C(C=Cc1ccc(/C=C(/C(=O)NC2CC2)c2ccccc2Cl)cc1)NCCCCCC(=O)NO. The zero-order valence-electron chi connectivity index (χ0n) is 19.4. The van der Waals surface area contributed by atoms with Crippen LogP contribution in [-0.4, -0.2) is 35.5 Å². The molecule has 0 bridgehead atoms. The molecule has 35 heavy (non-hydrogen) atoms. The van der Waals surface area contributed by atoms with Gasteiger partial charge in [-0.15, -0.1) is 0 Å². The lowest BCUT2D eigenvalue weighted by Gasteiger charge is -2.11. The number of benzene rings is 2. The zero-order chi connectivity index (χ0) is 25.0. The van der Waals surface area contributed by atoms with E-state index in [2.05, 4.69) is 10.6 Å². The molecule has 0 aromatic heterocycles. The molecule has 0 radical (unpaired) electrons. The minimum absolute atomic E-state index is 0.141. The summed E-state index contributed by atoms with van der Waals surface area (Å²) in [7, 11) is 0. The molecular weight excluding hydrogens is 466 g/mol. The first kappa shape index (κ1) is 26.2. The molecule has 0 unspecified atom stereocenters. The number of carbonyl (C=O) groups is 3. The Morgan fingerprint density at radius 2 is 1.69 bits per heavy atom. The number of hydrogen-bond acceptors (Lipinski definition) is 4. The molecule has 7 nitrogen and oxygen atoms in total. The second kappa shape index (κ2) is 13.5. The van der Waals surface area contributed by atoms with E-state index in [4.69, 9.17) is 16.8 Å². The quantitative estimate of drug-likeness (QED) is 0.115. The van der Waals surface area contributed by atoms with Crippen LogP contribution in [0.4, 0.5) is 0 Å². The summed E-state index contributed by atoms with van der Waals surface area (Å²) in [4.78, 5) is 35.8. The minimum atomic E-state index is -0.403. The standard InChI is InChI=1S/C27H30ClN3O4/c28-24-7-4-3-6-22(24)23(27(34)30-21-14-15-21)18-20-11-9-19(10-12-20)13-16-25(32)29-17-5-1-2-8-26(33)31-35/h3-4,6-7,9-13,16,18,21,35H,1-2,5,8,14-15,17H2,(H,29,32)(H,30,34)(H,31,33)/b16-13?,23-18+. The fourth-order valence-corrected chi connectivity index (χ4v) is 3.63. The average molecular weight is 496 g/mol. The summed E-state index contributed by atoms with van der Waals surface area (Å²) in [6.45, 7) is 0.515. The second-order valence-electron chi connectivity index (χ2n) is 8.42. The van der Waals surface area contributed by atoms with E-state index in [0.29, 0.717) is 29.1 Å². The van der Waals surface area contributed by atoms with Gasteiger partial charge in [-0.3, -0.25) is 19.6 Å². The number of hydrogen-bond donors (Lipinski definition) is 4. The van der Waals surface area contributed by atoms with E-state index >= 15 is 0 Å². The van der Waals surface area contributed by atoms with Crippen molar-refractivity contribution in [2.24, 2.45) is 0 Å². The van der Waals surface area contributed by atoms with Gasteiger partial charge in [-0.05, 0) is 55.0 Å². The number of nitrogens with one attached hydrogen (secondary N) is 3. The van der Waals surface area contributed by atoms with Crippen LogP contribution >= 0.6 is 11.6 Å². The summed E-state index contributed by atoms with van der Waals surface area (Å²) in [5.41, 5.74) is 4.50. The van der Waals surface area contributed by atoms with Gasteiger partial charge in [0.1, 0.15) is 0 Å². The van der Waals surface area contributed by atoms with Gasteiger partial charge < -0.3 is 10.6 Å². The van der Waals surface area contributed by atoms with Crippen LogP contribution in [0.5, 0.6) is 0 Å². The van der Waals surface area contributed by atoms with Crippen LogP contribution in [0.1, 0.15) is 55.2 Å². The van der Waals surface area contributed by atoms with E-state index in [-0.39, 0.29) is 24.3 Å². The molecule has 0 spiro atoms. The van der Waals surface area contributed by atoms with E-state index in [9.17, 15) is 14.4 Å². The fraction of sp³-hybridized carbons (Fsp3) is 0.296. The maximum absolute atomic E-state index is 12.9. The highest BCUT2D eigenvalue weighted by Gasteiger charge is 2.25. The summed E-state index contributed by atoms with van der Waals surface area (Å²) >= 11 is 6.36. The largest absolute Gasteiger partial charge is 0.353 e.